The number of aromatic amines is 1. The second kappa shape index (κ2) is 8.14. The average Bonchev–Trinajstić information content (AvgIpc) is 2.67. The van der Waals surface area contributed by atoms with Crippen LogP contribution >= 0.6 is 0 Å². The molecule has 0 saturated heterocycles. The third-order valence-electron chi connectivity index (χ3n) is 5.12. The number of benzene rings is 2. The number of aromatic hydroxyl groups is 3. The number of hydrogen-bond acceptors (Lipinski definition) is 5. The molecule has 0 aliphatic carbocycles. The highest BCUT2D eigenvalue weighted by Gasteiger charge is 2.24. The third kappa shape index (κ3) is 3.61. The van der Waals surface area contributed by atoms with E-state index in [-0.39, 0.29) is 51.4 Å². The molecule has 0 saturated carbocycles. The first-order chi connectivity index (χ1) is 14.2. The standard InChI is InChI=1S/C24H27NO5/c1-12(2)6-8-14-9-11-16(26)19-17(14)23(29)18-20(25-19)24(30-5)22(28)15(21(18)27)10-7-13(3)4/h6-7,9,11,26-28H,8,10H2,1-5H3,(H,25,29). The van der Waals surface area contributed by atoms with Crippen molar-refractivity contribution in [2.75, 3.05) is 7.11 Å². The largest absolute Gasteiger partial charge is 0.507 e. The van der Waals surface area contributed by atoms with E-state index < -0.39 is 5.43 Å². The van der Waals surface area contributed by atoms with Gasteiger partial charge in [0, 0.05) is 5.56 Å². The zero-order chi connectivity index (χ0) is 22.2. The maximum absolute atomic E-state index is 13.5. The quantitative estimate of drug-likeness (QED) is 0.357. The first kappa shape index (κ1) is 21.3. The molecule has 3 rings (SSSR count). The van der Waals surface area contributed by atoms with Gasteiger partial charge < -0.3 is 25.0 Å². The number of ether oxygens (including phenoxy) is 1. The second-order valence-corrected chi connectivity index (χ2v) is 7.88. The Morgan fingerprint density at radius 1 is 0.933 bits per heavy atom. The van der Waals surface area contributed by atoms with Gasteiger partial charge in [-0.25, -0.2) is 0 Å². The number of pyridine rings is 1. The third-order valence-corrected chi connectivity index (χ3v) is 5.12. The molecule has 0 aliphatic rings. The molecule has 0 spiro atoms. The van der Waals surface area contributed by atoms with Crippen LogP contribution in [0.1, 0.15) is 38.8 Å². The summed E-state index contributed by atoms with van der Waals surface area (Å²) >= 11 is 0. The van der Waals surface area contributed by atoms with Crippen LogP contribution in [0.4, 0.5) is 0 Å². The zero-order valence-electron chi connectivity index (χ0n) is 17.9. The molecule has 0 amide bonds. The zero-order valence-corrected chi connectivity index (χ0v) is 17.9. The smallest absolute Gasteiger partial charge is 0.201 e. The van der Waals surface area contributed by atoms with Crippen molar-refractivity contribution < 1.29 is 20.1 Å². The van der Waals surface area contributed by atoms with E-state index >= 15 is 0 Å². The summed E-state index contributed by atoms with van der Waals surface area (Å²) in [6.07, 6.45) is 4.59. The summed E-state index contributed by atoms with van der Waals surface area (Å²) in [6, 6.07) is 3.23. The number of phenols is 3. The number of aromatic nitrogens is 1. The maximum atomic E-state index is 13.5. The molecule has 0 aliphatic heterocycles. The highest BCUT2D eigenvalue weighted by atomic mass is 16.5. The summed E-state index contributed by atoms with van der Waals surface area (Å²) in [5.74, 6) is -0.580. The molecule has 0 radical (unpaired) electrons. The van der Waals surface area contributed by atoms with Gasteiger partial charge in [-0.2, -0.15) is 0 Å². The van der Waals surface area contributed by atoms with Crippen LogP contribution in [0.25, 0.3) is 21.8 Å². The van der Waals surface area contributed by atoms with Gasteiger partial charge in [0.1, 0.15) is 17.0 Å². The molecule has 0 bridgehead atoms. The van der Waals surface area contributed by atoms with Gasteiger partial charge in [-0.05, 0) is 52.2 Å². The van der Waals surface area contributed by atoms with E-state index in [0.717, 1.165) is 16.7 Å². The normalized spacial score (nSPS) is 11.0. The Kier molecular flexibility index (Phi) is 5.78. The summed E-state index contributed by atoms with van der Waals surface area (Å²) in [5.41, 5.74) is 3.00. The summed E-state index contributed by atoms with van der Waals surface area (Å²) in [7, 11) is 1.38. The lowest BCUT2D eigenvalue weighted by atomic mass is 9.97. The number of nitrogens with one attached hydrogen (secondary N) is 1. The lowest BCUT2D eigenvalue weighted by molar-refractivity contribution is 0.370. The Morgan fingerprint density at radius 2 is 1.57 bits per heavy atom. The second-order valence-electron chi connectivity index (χ2n) is 7.88. The fourth-order valence-electron chi connectivity index (χ4n) is 3.54. The van der Waals surface area contributed by atoms with Crippen LogP contribution in [-0.2, 0) is 12.8 Å². The van der Waals surface area contributed by atoms with Crippen molar-refractivity contribution in [3.05, 3.63) is 56.8 Å². The van der Waals surface area contributed by atoms with Crippen molar-refractivity contribution in [2.24, 2.45) is 0 Å². The number of H-pyrrole nitrogens is 1. The lowest BCUT2D eigenvalue weighted by Gasteiger charge is -2.16. The SMILES string of the molecule is COc1c(O)c(CC=C(C)C)c(O)c2c(=O)c3c(CC=C(C)C)ccc(O)c3[nH]c12. The molecular weight excluding hydrogens is 382 g/mol. The van der Waals surface area contributed by atoms with Crippen LogP contribution in [0.3, 0.4) is 0 Å². The Balaban J connectivity index is 2.49. The lowest BCUT2D eigenvalue weighted by Crippen LogP contribution is -2.09. The molecule has 4 N–H and O–H groups in total. The van der Waals surface area contributed by atoms with E-state index in [1.807, 2.05) is 39.8 Å². The number of rotatable bonds is 5. The predicted octanol–water partition coefficient (Wildman–Crippen LogP) is 4.82. The number of allylic oxidation sites excluding steroid dienone is 4. The van der Waals surface area contributed by atoms with Crippen molar-refractivity contribution in [1.29, 1.82) is 0 Å². The fourth-order valence-corrected chi connectivity index (χ4v) is 3.54. The molecule has 1 heterocycles. The van der Waals surface area contributed by atoms with Gasteiger partial charge >= 0.3 is 0 Å². The number of methoxy groups -OCH3 is 1. The van der Waals surface area contributed by atoms with Crippen LogP contribution in [0.5, 0.6) is 23.0 Å². The minimum atomic E-state index is -0.430. The molecule has 6 nitrogen and oxygen atoms in total. The highest BCUT2D eigenvalue weighted by molar-refractivity contribution is 6.03. The summed E-state index contributed by atoms with van der Waals surface area (Å²) < 4.78 is 5.37. The molecule has 0 unspecified atom stereocenters. The Hall–Kier alpha value is -3.41. The van der Waals surface area contributed by atoms with Crippen molar-refractivity contribution in [1.82, 2.24) is 4.98 Å². The summed E-state index contributed by atoms with van der Waals surface area (Å²) in [6.45, 7) is 7.75. The number of phenolic OH excluding ortho intramolecular Hbond substituents is 3. The highest BCUT2D eigenvalue weighted by Crippen LogP contribution is 2.44. The van der Waals surface area contributed by atoms with E-state index in [4.69, 9.17) is 4.74 Å². The van der Waals surface area contributed by atoms with Crippen LogP contribution in [0.15, 0.2) is 40.2 Å². The van der Waals surface area contributed by atoms with Crippen molar-refractivity contribution in [3.63, 3.8) is 0 Å². The van der Waals surface area contributed by atoms with Gasteiger partial charge in [-0.15, -0.1) is 0 Å². The molecule has 6 heteroatoms. The van der Waals surface area contributed by atoms with Gasteiger partial charge in [-0.3, -0.25) is 4.79 Å². The average molecular weight is 409 g/mol. The van der Waals surface area contributed by atoms with E-state index in [1.54, 1.807) is 6.07 Å². The minimum Gasteiger partial charge on any atom is -0.507 e. The van der Waals surface area contributed by atoms with Gasteiger partial charge in [0.25, 0.3) is 0 Å². The van der Waals surface area contributed by atoms with E-state index in [9.17, 15) is 20.1 Å². The van der Waals surface area contributed by atoms with Crippen molar-refractivity contribution >= 4 is 21.8 Å². The summed E-state index contributed by atoms with van der Waals surface area (Å²) in [5, 5.41) is 32.4. The van der Waals surface area contributed by atoms with E-state index in [2.05, 4.69) is 4.98 Å². The van der Waals surface area contributed by atoms with Crippen LogP contribution in [0, 0.1) is 0 Å². The summed E-state index contributed by atoms with van der Waals surface area (Å²) in [4.78, 5) is 16.5. The molecular formula is C24H27NO5. The Morgan fingerprint density at radius 3 is 2.17 bits per heavy atom. The molecule has 30 heavy (non-hydrogen) atoms. The number of hydrogen-bond donors (Lipinski definition) is 4. The van der Waals surface area contributed by atoms with Gasteiger partial charge in [0.2, 0.25) is 5.43 Å². The van der Waals surface area contributed by atoms with Crippen molar-refractivity contribution in [2.45, 2.75) is 40.5 Å². The van der Waals surface area contributed by atoms with E-state index in [0.29, 0.717) is 11.8 Å². The van der Waals surface area contributed by atoms with Gasteiger partial charge in [0.15, 0.2) is 11.5 Å². The monoisotopic (exact) mass is 409 g/mol. The minimum absolute atomic E-state index is 0.0263. The van der Waals surface area contributed by atoms with Crippen LogP contribution < -0.4 is 10.2 Å². The number of fused-ring (bicyclic) bond motifs is 2. The van der Waals surface area contributed by atoms with E-state index in [1.165, 1.54) is 13.2 Å². The Bertz CT molecular complexity index is 1260. The molecule has 2 aromatic carbocycles. The first-order valence-electron chi connectivity index (χ1n) is 9.75. The topological polar surface area (TPSA) is 103 Å². The fraction of sp³-hybridized carbons (Fsp3) is 0.292. The molecule has 1 aromatic heterocycles. The molecule has 0 fully saturated rings. The molecule has 3 aromatic rings. The predicted molar refractivity (Wildman–Crippen MR) is 120 cm³/mol. The van der Waals surface area contributed by atoms with Gasteiger partial charge in [-0.1, -0.05) is 29.4 Å². The first-order valence-corrected chi connectivity index (χ1v) is 9.75. The Labute approximate surface area is 174 Å². The molecule has 158 valence electrons. The van der Waals surface area contributed by atoms with Crippen LogP contribution in [0.2, 0.25) is 0 Å². The maximum Gasteiger partial charge on any atom is 0.201 e. The van der Waals surface area contributed by atoms with Gasteiger partial charge in [0.05, 0.1) is 23.4 Å². The van der Waals surface area contributed by atoms with Crippen molar-refractivity contribution in [3.8, 4) is 23.0 Å². The van der Waals surface area contributed by atoms with Crippen LogP contribution in [-0.4, -0.2) is 27.4 Å². The molecule has 0 atom stereocenters.